The first-order valence-electron chi connectivity index (χ1n) is 8.66. The Labute approximate surface area is 162 Å². The molecule has 1 fully saturated rings. The predicted molar refractivity (Wildman–Crippen MR) is 104 cm³/mol. The molecule has 5 nitrogen and oxygen atoms in total. The molecule has 1 saturated heterocycles. The van der Waals surface area contributed by atoms with Crippen LogP contribution in [-0.4, -0.2) is 42.7 Å². The fourth-order valence-electron chi connectivity index (χ4n) is 3.30. The highest BCUT2D eigenvalue weighted by molar-refractivity contribution is 7.12. The van der Waals surface area contributed by atoms with E-state index in [0.29, 0.717) is 29.8 Å². The lowest BCUT2D eigenvalue weighted by Gasteiger charge is -2.33. The smallest absolute Gasteiger partial charge is 0.261 e. The maximum absolute atomic E-state index is 12.1. The zero-order valence-corrected chi connectivity index (χ0v) is 16.3. The van der Waals surface area contributed by atoms with Crippen LogP contribution in [0.3, 0.4) is 0 Å². The normalized spacial score (nSPS) is 17.8. The van der Waals surface area contributed by atoms with Crippen LogP contribution in [0, 0.1) is 5.92 Å². The summed E-state index contributed by atoms with van der Waals surface area (Å²) in [6.45, 7) is 3.28. The van der Waals surface area contributed by atoms with E-state index in [4.69, 9.17) is 16.3 Å². The fraction of sp³-hybridized carbons (Fsp3) is 0.421. The molecule has 1 aromatic heterocycles. The molecule has 0 spiro atoms. The van der Waals surface area contributed by atoms with E-state index in [-0.39, 0.29) is 11.7 Å². The van der Waals surface area contributed by atoms with E-state index < -0.39 is 0 Å². The molecule has 0 unspecified atom stereocenters. The zero-order valence-electron chi connectivity index (χ0n) is 14.7. The van der Waals surface area contributed by atoms with Crippen molar-refractivity contribution >= 4 is 28.8 Å². The number of piperidine rings is 1. The van der Waals surface area contributed by atoms with Crippen LogP contribution >= 0.6 is 22.9 Å². The Morgan fingerprint density at radius 2 is 2.35 bits per heavy atom. The van der Waals surface area contributed by atoms with E-state index in [0.717, 1.165) is 36.4 Å². The summed E-state index contributed by atoms with van der Waals surface area (Å²) in [6.07, 6.45) is 2.19. The number of carbonyl (C=O) groups excluding carboxylic acids is 1. The van der Waals surface area contributed by atoms with Gasteiger partial charge in [-0.25, -0.2) is 0 Å². The Morgan fingerprint density at radius 3 is 3.08 bits per heavy atom. The van der Waals surface area contributed by atoms with Crippen LogP contribution in [0.25, 0.3) is 0 Å². The van der Waals surface area contributed by atoms with Gasteiger partial charge in [-0.05, 0) is 48.4 Å². The van der Waals surface area contributed by atoms with Gasteiger partial charge in [0.1, 0.15) is 0 Å². The topological polar surface area (TPSA) is 61.8 Å². The quantitative estimate of drug-likeness (QED) is 0.783. The third-order valence-corrected chi connectivity index (χ3v) is 5.86. The molecule has 1 amide bonds. The van der Waals surface area contributed by atoms with Crippen LogP contribution in [0.4, 0.5) is 0 Å². The van der Waals surface area contributed by atoms with Crippen molar-refractivity contribution in [2.75, 3.05) is 26.7 Å². The molecule has 140 valence electrons. The first-order chi connectivity index (χ1) is 12.6. The number of hydrogen-bond acceptors (Lipinski definition) is 5. The van der Waals surface area contributed by atoms with E-state index >= 15 is 0 Å². The molecule has 3 rings (SSSR count). The SMILES string of the molecule is COc1cc(CN2CCC[C@H](CNC(=O)c3cccs3)C2)c(Cl)cc1O. The van der Waals surface area contributed by atoms with Crippen molar-refractivity contribution in [2.24, 2.45) is 5.92 Å². The lowest BCUT2D eigenvalue weighted by molar-refractivity contribution is 0.0934. The zero-order chi connectivity index (χ0) is 18.5. The minimum atomic E-state index is 0.00318. The number of thiophene rings is 1. The van der Waals surface area contributed by atoms with Crippen LogP contribution in [0.5, 0.6) is 11.5 Å². The molecule has 1 aromatic carbocycles. The molecule has 0 bridgehead atoms. The van der Waals surface area contributed by atoms with Gasteiger partial charge >= 0.3 is 0 Å². The van der Waals surface area contributed by atoms with Gasteiger partial charge in [-0.15, -0.1) is 11.3 Å². The molecule has 1 atom stereocenters. The summed E-state index contributed by atoms with van der Waals surface area (Å²) in [5, 5.41) is 15.3. The van der Waals surface area contributed by atoms with E-state index in [9.17, 15) is 9.90 Å². The first-order valence-corrected chi connectivity index (χ1v) is 9.92. The summed E-state index contributed by atoms with van der Waals surface area (Å²) in [5.74, 6) is 0.907. The second-order valence-electron chi connectivity index (χ2n) is 6.55. The number of carbonyl (C=O) groups is 1. The second kappa shape index (κ2) is 8.75. The number of rotatable bonds is 6. The van der Waals surface area contributed by atoms with Crippen LogP contribution in [0.1, 0.15) is 28.1 Å². The minimum absolute atomic E-state index is 0.00318. The number of phenols is 1. The fourth-order valence-corrected chi connectivity index (χ4v) is 4.16. The molecule has 26 heavy (non-hydrogen) atoms. The van der Waals surface area contributed by atoms with E-state index in [1.807, 2.05) is 17.5 Å². The van der Waals surface area contributed by atoms with Crippen LogP contribution in [0.15, 0.2) is 29.6 Å². The van der Waals surface area contributed by atoms with Crippen LogP contribution in [0.2, 0.25) is 5.02 Å². The lowest BCUT2D eigenvalue weighted by Crippen LogP contribution is -2.40. The minimum Gasteiger partial charge on any atom is -0.504 e. The van der Waals surface area contributed by atoms with E-state index in [1.165, 1.54) is 24.5 Å². The number of halogens is 1. The third-order valence-electron chi connectivity index (χ3n) is 4.64. The Morgan fingerprint density at radius 1 is 1.50 bits per heavy atom. The third kappa shape index (κ3) is 4.69. The van der Waals surface area contributed by atoms with Gasteiger partial charge in [0.2, 0.25) is 0 Å². The number of nitrogens with one attached hydrogen (secondary N) is 1. The molecule has 2 aromatic rings. The van der Waals surface area contributed by atoms with Gasteiger partial charge in [0.25, 0.3) is 5.91 Å². The number of ether oxygens (including phenoxy) is 1. The molecular weight excluding hydrogens is 372 g/mol. The lowest BCUT2D eigenvalue weighted by atomic mass is 9.97. The van der Waals surface area contributed by atoms with E-state index in [1.54, 1.807) is 6.07 Å². The molecule has 0 radical (unpaired) electrons. The largest absolute Gasteiger partial charge is 0.504 e. The van der Waals surface area contributed by atoms with Crippen molar-refractivity contribution in [3.63, 3.8) is 0 Å². The standard InChI is InChI=1S/C19H23ClN2O3S/c1-25-17-8-14(15(20)9-16(17)23)12-22-6-2-4-13(11-22)10-21-19(24)18-5-3-7-26-18/h3,5,7-9,13,23H,2,4,6,10-12H2,1H3,(H,21,24)/t13-/m1/s1. The molecule has 1 aliphatic heterocycles. The number of amides is 1. The Hall–Kier alpha value is -1.76. The van der Waals surface area contributed by atoms with Crippen LogP contribution in [-0.2, 0) is 6.54 Å². The highest BCUT2D eigenvalue weighted by atomic mass is 35.5. The Balaban J connectivity index is 1.56. The van der Waals surface area contributed by atoms with Gasteiger partial charge in [0.05, 0.1) is 12.0 Å². The molecule has 2 N–H and O–H groups in total. The maximum atomic E-state index is 12.1. The average Bonchev–Trinajstić information content (AvgIpc) is 3.17. The number of benzene rings is 1. The number of phenolic OH excluding ortho intramolecular Hbond substituents is 1. The number of likely N-dealkylation sites (tertiary alicyclic amines) is 1. The van der Waals surface area contributed by atoms with Crippen molar-refractivity contribution in [1.29, 1.82) is 0 Å². The predicted octanol–water partition coefficient (Wildman–Crippen LogP) is 3.76. The van der Waals surface area contributed by atoms with Crippen molar-refractivity contribution in [1.82, 2.24) is 10.2 Å². The van der Waals surface area contributed by atoms with Gasteiger partial charge in [0, 0.05) is 30.7 Å². The van der Waals surface area contributed by atoms with Crippen molar-refractivity contribution in [3.8, 4) is 11.5 Å². The summed E-state index contributed by atoms with van der Waals surface area (Å²) >= 11 is 7.73. The summed E-state index contributed by atoms with van der Waals surface area (Å²) in [6, 6.07) is 7.04. The molecule has 1 aliphatic rings. The van der Waals surface area contributed by atoms with Crippen LogP contribution < -0.4 is 10.1 Å². The Kier molecular flexibility index (Phi) is 6.40. The van der Waals surface area contributed by atoms with Crippen molar-refractivity contribution < 1.29 is 14.6 Å². The van der Waals surface area contributed by atoms with Gasteiger partial charge < -0.3 is 15.2 Å². The number of methoxy groups -OCH3 is 1. The highest BCUT2D eigenvalue weighted by Gasteiger charge is 2.22. The van der Waals surface area contributed by atoms with Crippen molar-refractivity contribution in [3.05, 3.63) is 45.1 Å². The summed E-state index contributed by atoms with van der Waals surface area (Å²) in [4.78, 5) is 15.2. The summed E-state index contributed by atoms with van der Waals surface area (Å²) in [5.41, 5.74) is 0.935. The number of hydrogen-bond donors (Lipinski definition) is 2. The summed E-state index contributed by atoms with van der Waals surface area (Å²) < 4.78 is 5.18. The van der Waals surface area contributed by atoms with E-state index in [2.05, 4.69) is 10.2 Å². The van der Waals surface area contributed by atoms with Gasteiger partial charge in [-0.2, -0.15) is 0 Å². The van der Waals surface area contributed by atoms with Gasteiger partial charge in [-0.1, -0.05) is 17.7 Å². The highest BCUT2D eigenvalue weighted by Crippen LogP contribution is 2.33. The Bertz CT molecular complexity index is 751. The average molecular weight is 395 g/mol. The van der Waals surface area contributed by atoms with Gasteiger partial charge in [-0.3, -0.25) is 9.69 Å². The molecule has 0 aliphatic carbocycles. The summed E-state index contributed by atoms with van der Waals surface area (Å²) in [7, 11) is 1.53. The molecule has 7 heteroatoms. The number of aromatic hydroxyl groups is 1. The first kappa shape index (κ1) is 19.0. The van der Waals surface area contributed by atoms with Gasteiger partial charge in [0.15, 0.2) is 11.5 Å². The second-order valence-corrected chi connectivity index (χ2v) is 7.90. The molecular formula is C19H23ClN2O3S. The molecule has 0 saturated carbocycles. The molecule has 2 heterocycles. The monoisotopic (exact) mass is 394 g/mol. The maximum Gasteiger partial charge on any atom is 0.261 e. The number of nitrogens with zero attached hydrogens (tertiary/aromatic N) is 1. The van der Waals surface area contributed by atoms with Crippen molar-refractivity contribution in [2.45, 2.75) is 19.4 Å².